The summed E-state index contributed by atoms with van der Waals surface area (Å²) in [6.07, 6.45) is 2.11. The van der Waals surface area contributed by atoms with Gasteiger partial charge >= 0.3 is 0 Å². The SMILES string of the molecule is C[C@@H](NC(=O)COc1cccc(Cl)c1Cl)[C@H]1CCCO1. The summed E-state index contributed by atoms with van der Waals surface area (Å²) in [6.45, 7) is 2.59. The van der Waals surface area contributed by atoms with Gasteiger partial charge in [0.2, 0.25) is 0 Å². The summed E-state index contributed by atoms with van der Waals surface area (Å²) in [5.74, 6) is 0.197. The molecule has 0 spiro atoms. The van der Waals surface area contributed by atoms with Gasteiger partial charge in [-0.1, -0.05) is 29.3 Å². The largest absolute Gasteiger partial charge is 0.482 e. The van der Waals surface area contributed by atoms with Gasteiger partial charge in [-0.3, -0.25) is 4.79 Å². The quantitative estimate of drug-likeness (QED) is 0.908. The van der Waals surface area contributed by atoms with E-state index >= 15 is 0 Å². The van der Waals surface area contributed by atoms with Crippen LogP contribution in [0.4, 0.5) is 0 Å². The normalized spacial score (nSPS) is 19.6. The number of hydrogen-bond donors (Lipinski definition) is 1. The Kier molecular flexibility index (Phi) is 5.52. The third-order valence-electron chi connectivity index (χ3n) is 3.19. The fraction of sp³-hybridized carbons (Fsp3) is 0.500. The molecule has 1 fully saturated rings. The van der Waals surface area contributed by atoms with Crippen molar-refractivity contribution in [1.29, 1.82) is 0 Å². The molecule has 4 nitrogen and oxygen atoms in total. The first kappa shape index (κ1) is 15.4. The van der Waals surface area contributed by atoms with Crippen LogP contribution in [0.25, 0.3) is 0 Å². The van der Waals surface area contributed by atoms with E-state index < -0.39 is 0 Å². The Labute approximate surface area is 128 Å². The lowest BCUT2D eigenvalue weighted by atomic mass is 10.1. The molecule has 6 heteroatoms. The maximum absolute atomic E-state index is 11.8. The zero-order valence-electron chi connectivity index (χ0n) is 11.2. The molecule has 1 saturated heterocycles. The highest BCUT2D eigenvalue weighted by Crippen LogP contribution is 2.31. The molecular weight excluding hydrogens is 301 g/mol. The molecule has 1 aliphatic heterocycles. The summed E-state index contributed by atoms with van der Waals surface area (Å²) in [5.41, 5.74) is 0. The molecule has 0 saturated carbocycles. The summed E-state index contributed by atoms with van der Waals surface area (Å²) in [4.78, 5) is 11.8. The van der Waals surface area contributed by atoms with Crippen molar-refractivity contribution < 1.29 is 14.3 Å². The molecule has 0 bridgehead atoms. The van der Waals surface area contributed by atoms with Crippen LogP contribution in [-0.4, -0.2) is 31.3 Å². The van der Waals surface area contributed by atoms with Gasteiger partial charge in [0, 0.05) is 6.61 Å². The molecule has 0 aromatic heterocycles. The average molecular weight is 318 g/mol. The number of ether oxygens (including phenoxy) is 2. The maximum atomic E-state index is 11.8. The van der Waals surface area contributed by atoms with E-state index in [-0.39, 0.29) is 24.7 Å². The van der Waals surface area contributed by atoms with Crippen molar-refractivity contribution in [3.05, 3.63) is 28.2 Å². The van der Waals surface area contributed by atoms with Crippen molar-refractivity contribution in [2.75, 3.05) is 13.2 Å². The Balaban J connectivity index is 1.81. The molecule has 110 valence electrons. The number of carbonyl (C=O) groups is 1. The second kappa shape index (κ2) is 7.16. The zero-order valence-corrected chi connectivity index (χ0v) is 12.7. The van der Waals surface area contributed by atoms with Gasteiger partial charge in [-0.25, -0.2) is 0 Å². The molecule has 1 heterocycles. The van der Waals surface area contributed by atoms with Crippen LogP contribution >= 0.6 is 23.2 Å². The van der Waals surface area contributed by atoms with E-state index in [1.54, 1.807) is 18.2 Å². The van der Waals surface area contributed by atoms with Crippen molar-refractivity contribution in [1.82, 2.24) is 5.32 Å². The highest BCUT2D eigenvalue weighted by molar-refractivity contribution is 6.42. The number of amides is 1. The lowest BCUT2D eigenvalue weighted by molar-refractivity contribution is -0.124. The molecule has 1 N–H and O–H groups in total. The highest BCUT2D eigenvalue weighted by atomic mass is 35.5. The van der Waals surface area contributed by atoms with Crippen molar-refractivity contribution in [3.8, 4) is 5.75 Å². The van der Waals surface area contributed by atoms with E-state index in [9.17, 15) is 4.79 Å². The number of nitrogens with one attached hydrogen (secondary N) is 1. The van der Waals surface area contributed by atoms with Crippen LogP contribution in [-0.2, 0) is 9.53 Å². The van der Waals surface area contributed by atoms with Crippen LogP contribution < -0.4 is 10.1 Å². The molecule has 2 atom stereocenters. The third-order valence-corrected chi connectivity index (χ3v) is 3.99. The van der Waals surface area contributed by atoms with E-state index in [0.717, 1.165) is 19.4 Å². The summed E-state index contributed by atoms with van der Waals surface area (Å²) in [6, 6.07) is 5.03. The predicted octanol–water partition coefficient (Wildman–Crippen LogP) is 3.06. The van der Waals surface area contributed by atoms with Crippen LogP contribution in [0.5, 0.6) is 5.75 Å². The number of carbonyl (C=O) groups excluding carboxylic acids is 1. The van der Waals surface area contributed by atoms with Crippen molar-refractivity contribution in [2.45, 2.75) is 31.9 Å². The summed E-state index contributed by atoms with van der Waals surface area (Å²) in [7, 11) is 0. The van der Waals surface area contributed by atoms with Gasteiger partial charge in [-0.05, 0) is 31.9 Å². The minimum absolute atomic E-state index is 0.0246. The molecule has 1 aromatic rings. The summed E-state index contributed by atoms with van der Waals surface area (Å²) in [5, 5.41) is 3.58. The number of benzene rings is 1. The fourth-order valence-corrected chi connectivity index (χ4v) is 2.47. The van der Waals surface area contributed by atoms with E-state index in [0.29, 0.717) is 15.8 Å². The minimum Gasteiger partial charge on any atom is -0.482 e. The van der Waals surface area contributed by atoms with Crippen LogP contribution in [0.15, 0.2) is 18.2 Å². The van der Waals surface area contributed by atoms with Gasteiger partial charge < -0.3 is 14.8 Å². The first-order valence-electron chi connectivity index (χ1n) is 6.55. The fourth-order valence-electron chi connectivity index (χ4n) is 2.12. The van der Waals surface area contributed by atoms with Crippen LogP contribution in [0, 0.1) is 0 Å². The smallest absolute Gasteiger partial charge is 0.258 e. The zero-order chi connectivity index (χ0) is 14.5. The lowest BCUT2D eigenvalue weighted by Gasteiger charge is -2.20. The standard InChI is InChI=1S/C14H17Cl2NO3/c1-9(11-6-3-7-19-11)17-13(18)8-20-12-5-2-4-10(15)14(12)16/h2,4-5,9,11H,3,6-8H2,1H3,(H,17,18)/t9-,11-/m1/s1. The lowest BCUT2D eigenvalue weighted by Crippen LogP contribution is -2.42. The van der Waals surface area contributed by atoms with Crippen LogP contribution in [0.2, 0.25) is 10.0 Å². The first-order valence-corrected chi connectivity index (χ1v) is 7.31. The molecule has 1 aromatic carbocycles. The molecule has 20 heavy (non-hydrogen) atoms. The van der Waals surface area contributed by atoms with Crippen LogP contribution in [0.1, 0.15) is 19.8 Å². The van der Waals surface area contributed by atoms with Crippen LogP contribution in [0.3, 0.4) is 0 Å². The van der Waals surface area contributed by atoms with Crippen molar-refractivity contribution in [2.24, 2.45) is 0 Å². The van der Waals surface area contributed by atoms with Gasteiger partial charge in [0.05, 0.1) is 17.2 Å². The molecule has 1 amide bonds. The van der Waals surface area contributed by atoms with Crippen molar-refractivity contribution in [3.63, 3.8) is 0 Å². The van der Waals surface area contributed by atoms with E-state index in [2.05, 4.69) is 5.32 Å². The Hall–Kier alpha value is -0.970. The second-order valence-corrected chi connectivity index (χ2v) is 5.53. The Morgan fingerprint density at radius 1 is 1.55 bits per heavy atom. The summed E-state index contributed by atoms with van der Waals surface area (Å²) < 4.78 is 10.9. The van der Waals surface area contributed by atoms with Gasteiger partial charge in [0.15, 0.2) is 6.61 Å². The Bertz CT molecular complexity index is 475. The monoisotopic (exact) mass is 317 g/mol. The minimum atomic E-state index is -0.205. The van der Waals surface area contributed by atoms with E-state index in [1.807, 2.05) is 6.92 Å². The summed E-state index contributed by atoms with van der Waals surface area (Å²) >= 11 is 11.8. The molecule has 0 unspecified atom stereocenters. The third kappa shape index (κ3) is 4.01. The first-order chi connectivity index (χ1) is 9.58. The van der Waals surface area contributed by atoms with Gasteiger partial charge in [-0.15, -0.1) is 0 Å². The average Bonchev–Trinajstić information content (AvgIpc) is 2.94. The van der Waals surface area contributed by atoms with Gasteiger partial charge in [0.1, 0.15) is 10.8 Å². The Morgan fingerprint density at radius 3 is 3.05 bits per heavy atom. The van der Waals surface area contributed by atoms with E-state index in [1.165, 1.54) is 0 Å². The van der Waals surface area contributed by atoms with Gasteiger partial charge in [-0.2, -0.15) is 0 Å². The second-order valence-electron chi connectivity index (χ2n) is 4.75. The van der Waals surface area contributed by atoms with E-state index in [4.69, 9.17) is 32.7 Å². The predicted molar refractivity (Wildman–Crippen MR) is 78.5 cm³/mol. The van der Waals surface area contributed by atoms with Crippen molar-refractivity contribution >= 4 is 29.1 Å². The molecule has 0 radical (unpaired) electrons. The molecule has 2 rings (SSSR count). The maximum Gasteiger partial charge on any atom is 0.258 e. The molecule has 1 aliphatic rings. The topological polar surface area (TPSA) is 47.6 Å². The molecule has 0 aliphatic carbocycles. The number of halogens is 2. The van der Waals surface area contributed by atoms with Gasteiger partial charge in [0.25, 0.3) is 5.91 Å². The highest BCUT2D eigenvalue weighted by Gasteiger charge is 2.23. The number of hydrogen-bond acceptors (Lipinski definition) is 3. The molecular formula is C14H17Cl2NO3. The Morgan fingerprint density at radius 2 is 2.35 bits per heavy atom. The number of rotatable bonds is 5.